The van der Waals surface area contributed by atoms with E-state index in [0.717, 1.165) is 24.7 Å². The smallest absolute Gasteiger partial charge is 0.225 e. The highest BCUT2D eigenvalue weighted by Crippen LogP contribution is 2.42. The highest BCUT2D eigenvalue weighted by atomic mass is 35.5. The van der Waals surface area contributed by atoms with Gasteiger partial charge in [0.25, 0.3) is 0 Å². The molecule has 1 amide bonds. The molecule has 3 heteroatoms. The second kappa shape index (κ2) is 6.08. The molecule has 3 unspecified atom stereocenters. The minimum absolute atomic E-state index is 0.280. The van der Waals surface area contributed by atoms with Gasteiger partial charge in [0, 0.05) is 25.4 Å². The van der Waals surface area contributed by atoms with Crippen LogP contribution >= 0.6 is 11.6 Å². The summed E-state index contributed by atoms with van der Waals surface area (Å²) < 4.78 is 0. The van der Waals surface area contributed by atoms with E-state index in [9.17, 15) is 4.79 Å². The largest absolute Gasteiger partial charge is 0.344 e. The summed E-state index contributed by atoms with van der Waals surface area (Å²) in [6, 6.07) is 0. The standard InChI is InChI=1S/C14H24ClNO/c1-16(9-8-15)14(17)13-7-6-11-4-2-3-5-12(11)10-13/h11-13H,2-10H2,1H3. The van der Waals surface area contributed by atoms with Gasteiger partial charge in [0.05, 0.1) is 0 Å². The molecule has 98 valence electrons. The van der Waals surface area contributed by atoms with Crippen LogP contribution in [0.5, 0.6) is 0 Å². The van der Waals surface area contributed by atoms with Gasteiger partial charge in [-0.1, -0.05) is 25.7 Å². The first kappa shape index (κ1) is 13.2. The molecule has 2 aliphatic rings. The summed E-state index contributed by atoms with van der Waals surface area (Å²) in [6.45, 7) is 0.686. The van der Waals surface area contributed by atoms with E-state index in [2.05, 4.69) is 0 Å². The van der Waals surface area contributed by atoms with E-state index < -0.39 is 0 Å². The lowest BCUT2D eigenvalue weighted by molar-refractivity contribution is -0.136. The van der Waals surface area contributed by atoms with Crippen molar-refractivity contribution in [3.05, 3.63) is 0 Å². The summed E-state index contributed by atoms with van der Waals surface area (Å²) in [5.41, 5.74) is 0. The molecule has 2 aliphatic carbocycles. The van der Waals surface area contributed by atoms with Crippen LogP contribution in [0.15, 0.2) is 0 Å². The Morgan fingerprint density at radius 3 is 2.59 bits per heavy atom. The van der Waals surface area contributed by atoms with Gasteiger partial charge >= 0.3 is 0 Å². The number of hydrogen-bond donors (Lipinski definition) is 0. The van der Waals surface area contributed by atoms with Crippen molar-refractivity contribution in [2.45, 2.75) is 44.9 Å². The number of alkyl halides is 1. The molecule has 17 heavy (non-hydrogen) atoms. The Labute approximate surface area is 110 Å². The second-order valence-corrected chi connectivity index (χ2v) is 6.14. The van der Waals surface area contributed by atoms with Crippen molar-refractivity contribution in [3.8, 4) is 0 Å². The predicted molar refractivity (Wildman–Crippen MR) is 71.1 cm³/mol. The second-order valence-electron chi connectivity index (χ2n) is 5.76. The monoisotopic (exact) mass is 257 g/mol. The fourth-order valence-electron chi connectivity index (χ4n) is 3.65. The van der Waals surface area contributed by atoms with Crippen LogP contribution in [0.25, 0.3) is 0 Å². The van der Waals surface area contributed by atoms with E-state index >= 15 is 0 Å². The molecule has 0 aromatic rings. The molecule has 0 aromatic carbocycles. The van der Waals surface area contributed by atoms with Crippen molar-refractivity contribution in [3.63, 3.8) is 0 Å². The summed E-state index contributed by atoms with van der Waals surface area (Å²) in [5.74, 6) is 2.90. The average molecular weight is 258 g/mol. The maximum absolute atomic E-state index is 12.2. The number of amides is 1. The number of fused-ring (bicyclic) bond motifs is 1. The molecule has 3 atom stereocenters. The fraction of sp³-hybridized carbons (Fsp3) is 0.929. The van der Waals surface area contributed by atoms with E-state index in [1.807, 2.05) is 11.9 Å². The Kier molecular flexibility index (Phi) is 4.72. The van der Waals surface area contributed by atoms with Crippen molar-refractivity contribution in [1.82, 2.24) is 4.90 Å². The number of carbonyl (C=O) groups excluding carboxylic acids is 1. The molecule has 0 aliphatic heterocycles. The summed E-state index contributed by atoms with van der Waals surface area (Å²) in [6.07, 6.45) is 9.06. The lowest BCUT2D eigenvalue weighted by atomic mass is 9.67. The minimum Gasteiger partial charge on any atom is -0.344 e. The first-order chi connectivity index (χ1) is 8.22. The van der Waals surface area contributed by atoms with Crippen LogP contribution in [-0.4, -0.2) is 30.3 Å². The molecule has 2 saturated carbocycles. The SMILES string of the molecule is CN(CCCl)C(=O)C1CCC2CCCCC2C1. The predicted octanol–water partition coefficient (Wildman–Crippen LogP) is 3.29. The maximum atomic E-state index is 12.2. The Morgan fingerprint density at radius 1 is 1.18 bits per heavy atom. The topological polar surface area (TPSA) is 20.3 Å². The van der Waals surface area contributed by atoms with E-state index in [4.69, 9.17) is 11.6 Å². The van der Waals surface area contributed by atoms with Crippen LogP contribution in [0.2, 0.25) is 0 Å². The summed E-state index contributed by atoms with van der Waals surface area (Å²) in [4.78, 5) is 14.1. The van der Waals surface area contributed by atoms with Gasteiger partial charge in [0.2, 0.25) is 5.91 Å². The molecule has 0 radical (unpaired) electrons. The molecule has 0 aromatic heterocycles. The van der Waals surface area contributed by atoms with Gasteiger partial charge in [-0.3, -0.25) is 4.79 Å². The normalized spacial score (nSPS) is 32.9. The van der Waals surface area contributed by atoms with Crippen LogP contribution in [0.4, 0.5) is 0 Å². The molecule has 0 bridgehead atoms. The first-order valence-electron chi connectivity index (χ1n) is 7.03. The maximum Gasteiger partial charge on any atom is 0.225 e. The number of nitrogens with zero attached hydrogens (tertiary/aromatic N) is 1. The van der Waals surface area contributed by atoms with E-state index in [1.165, 1.54) is 32.1 Å². The van der Waals surface area contributed by atoms with Gasteiger partial charge in [-0.2, -0.15) is 0 Å². The van der Waals surface area contributed by atoms with Crippen LogP contribution in [0.3, 0.4) is 0 Å². The zero-order chi connectivity index (χ0) is 12.3. The van der Waals surface area contributed by atoms with Gasteiger partial charge in [-0.05, 0) is 31.1 Å². The van der Waals surface area contributed by atoms with Crippen molar-refractivity contribution in [2.24, 2.45) is 17.8 Å². The zero-order valence-electron chi connectivity index (χ0n) is 10.8. The number of hydrogen-bond acceptors (Lipinski definition) is 1. The Bertz CT molecular complexity index is 269. The van der Waals surface area contributed by atoms with Crippen molar-refractivity contribution >= 4 is 17.5 Å². The van der Waals surface area contributed by atoms with E-state index in [-0.39, 0.29) is 5.92 Å². The van der Waals surface area contributed by atoms with Crippen molar-refractivity contribution in [1.29, 1.82) is 0 Å². The molecule has 0 spiro atoms. The first-order valence-corrected chi connectivity index (χ1v) is 7.56. The lowest BCUT2D eigenvalue weighted by Crippen LogP contribution is -2.39. The van der Waals surface area contributed by atoms with Gasteiger partial charge in [0.15, 0.2) is 0 Å². The summed E-state index contributed by atoms with van der Waals surface area (Å²) in [5, 5.41) is 0. The van der Waals surface area contributed by atoms with Gasteiger partial charge in [-0.25, -0.2) is 0 Å². The number of halogens is 1. The van der Waals surface area contributed by atoms with E-state index in [0.29, 0.717) is 18.3 Å². The summed E-state index contributed by atoms with van der Waals surface area (Å²) in [7, 11) is 1.89. The number of carbonyl (C=O) groups is 1. The summed E-state index contributed by atoms with van der Waals surface area (Å²) >= 11 is 5.70. The zero-order valence-corrected chi connectivity index (χ0v) is 11.6. The van der Waals surface area contributed by atoms with E-state index in [1.54, 1.807) is 0 Å². The quantitative estimate of drug-likeness (QED) is 0.711. The molecule has 2 rings (SSSR count). The van der Waals surface area contributed by atoms with Crippen LogP contribution < -0.4 is 0 Å². The minimum atomic E-state index is 0.280. The van der Waals surface area contributed by atoms with Gasteiger partial charge in [0.1, 0.15) is 0 Å². The molecule has 0 heterocycles. The Hall–Kier alpha value is -0.240. The molecule has 2 fully saturated rings. The highest BCUT2D eigenvalue weighted by Gasteiger charge is 2.35. The third-order valence-corrected chi connectivity index (χ3v) is 4.85. The molecular formula is C14H24ClNO. The lowest BCUT2D eigenvalue weighted by Gasteiger charge is -2.39. The van der Waals surface area contributed by atoms with Crippen molar-refractivity contribution < 1.29 is 4.79 Å². The van der Waals surface area contributed by atoms with Gasteiger partial charge < -0.3 is 4.90 Å². The van der Waals surface area contributed by atoms with Crippen LogP contribution in [0, 0.1) is 17.8 Å². The van der Waals surface area contributed by atoms with Crippen LogP contribution in [-0.2, 0) is 4.79 Å². The Balaban J connectivity index is 1.88. The highest BCUT2D eigenvalue weighted by molar-refractivity contribution is 6.18. The molecule has 0 N–H and O–H groups in total. The van der Waals surface area contributed by atoms with Gasteiger partial charge in [-0.15, -0.1) is 11.6 Å². The third kappa shape index (κ3) is 3.15. The third-order valence-electron chi connectivity index (χ3n) is 4.69. The fourth-order valence-corrected chi connectivity index (χ4v) is 3.90. The Morgan fingerprint density at radius 2 is 1.88 bits per heavy atom. The molecular weight excluding hydrogens is 234 g/mol. The molecule has 2 nitrogen and oxygen atoms in total. The molecule has 0 saturated heterocycles. The average Bonchev–Trinajstić information content (AvgIpc) is 2.37. The van der Waals surface area contributed by atoms with Crippen molar-refractivity contribution in [2.75, 3.05) is 19.5 Å². The van der Waals surface area contributed by atoms with Crippen LogP contribution in [0.1, 0.15) is 44.9 Å². The number of rotatable bonds is 3.